The van der Waals surface area contributed by atoms with Crippen LogP contribution in [0.5, 0.6) is 0 Å². The first-order chi connectivity index (χ1) is 15.9. The highest BCUT2D eigenvalue weighted by atomic mass is 28.5. The van der Waals surface area contributed by atoms with E-state index in [0.717, 1.165) is 0 Å². The lowest BCUT2D eigenvalue weighted by molar-refractivity contribution is 0.0585. The van der Waals surface area contributed by atoms with Crippen molar-refractivity contribution < 1.29 is 46.1 Å². The highest BCUT2D eigenvalue weighted by Gasteiger charge is 2.67. The van der Waals surface area contributed by atoms with Gasteiger partial charge in [-0.1, -0.05) is 34.6 Å². The van der Waals surface area contributed by atoms with E-state index in [-0.39, 0.29) is 25.7 Å². The van der Waals surface area contributed by atoms with E-state index < -0.39 is 71.4 Å². The van der Waals surface area contributed by atoms with Crippen molar-refractivity contribution in [3.05, 3.63) is 0 Å². The Morgan fingerprint density at radius 2 is 0.743 bits per heavy atom. The number of hydrogen-bond donors (Lipinski definition) is 5. The molecule has 0 amide bonds. The molecule has 1 heterocycles. The van der Waals surface area contributed by atoms with E-state index >= 15 is 0 Å². The van der Waals surface area contributed by atoms with E-state index in [1.54, 1.807) is 34.2 Å². The van der Waals surface area contributed by atoms with Gasteiger partial charge in [-0.3, -0.25) is 0 Å². The molecule has 5 N–H and O–H groups in total. The molecule has 0 saturated carbocycles. The molecule has 6 unspecified atom stereocenters. The third kappa shape index (κ3) is 7.42. The Bertz CT molecular complexity index is 652. The first-order valence-electron chi connectivity index (χ1n) is 12.9. The van der Waals surface area contributed by atoms with Crippen LogP contribution in [0.1, 0.15) is 66.7 Å². The van der Waals surface area contributed by atoms with Crippen molar-refractivity contribution in [1.82, 2.24) is 0 Å². The standard InChI is InChI=1S/C20H50O10Si5/c1-11-16(21)33(10)27-31(6,7)26-32(8,9)28-34(17(22)12-2,18(23)13-3)30-35(29-33,19(24)14-4)20(25)15-5/h16-25H,11-15H2,1-10H3. The van der Waals surface area contributed by atoms with Gasteiger partial charge in [0.2, 0.25) is 0 Å². The van der Waals surface area contributed by atoms with Crippen molar-refractivity contribution in [3.63, 3.8) is 0 Å². The van der Waals surface area contributed by atoms with Crippen LogP contribution < -0.4 is 0 Å². The monoisotopic (exact) mass is 590 g/mol. The third-order valence-electron chi connectivity index (χ3n) is 6.42. The molecule has 0 aliphatic carbocycles. The third-order valence-corrected chi connectivity index (χ3v) is 29.6. The van der Waals surface area contributed by atoms with Crippen LogP contribution in [0.4, 0.5) is 0 Å². The molecule has 15 heteroatoms. The quantitative estimate of drug-likeness (QED) is 0.239. The average Bonchev–Trinajstić information content (AvgIpc) is 2.77. The van der Waals surface area contributed by atoms with Gasteiger partial charge < -0.3 is 46.1 Å². The second-order valence-electron chi connectivity index (χ2n) is 10.4. The van der Waals surface area contributed by atoms with Gasteiger partial charge in [-0.05, 0) is 64.8 Å². The van der Waals surface area contributed by atoms with Gasteiger partial charge >= 0.3 is 42.8 Å². The van der Waals surface area contributed by atoms with Crippen LogP contribution in [-0.4, -0.2) is 97.0 Å². The van der Waals surface area contributed by atoms with Crippen LogP contribution in [0.15, 0.2) is 0 Å². The smallest absolute Gasteiger partial charge is 0.379 e. The van der Waals surface area contributed by atoms with Crippen molar-refractivity contribution in [2.45, 2.75) is 128 Å². The minimum absolute atomic E-state index is 0.197. The molecule has 1 rings (SSSR count). The van der Waals surface area contributed by atoms with Gasteiger partial charge in [-0.25, -0.2) is 0 Å². The zero-order valence-electron chi connectivity index (χ0n) is 23.2. The lowest BCUT2D eigenvalue weighted by Gasteiger charge is -2.54. The molecular weight excluding hydrogens is 541 g/mol. The molecule has 0 radical (unpaired) electrons. The number of aliphatic hydroxyl groups excluding tert-OH is 5. The van der Waals surface area contributed by atoms with Gasteiger partial charge in [0.25, 0.3) is 0 Å². The van der Waals surface area contributed by atoms with Crippen molar-refractivity contribution in [1.29, 1.82) is 0 Å². The van der Waals surface area contributed by atoms with Crippen LogP contribution in [0.25, 0.3) is 0 Å². The lowest BCUT2D eigenvalue weighted by Crippen LogP contribution is -2.80. The Kier molecular flexibility index (Phi) is 12.2. The summed E-state index contributed by atoms with van der Waals surface area (Å²) in [5.74, 6) is 0. The fourth-order valence-corrected chi connectivity index (χ4v) is 33.1. The Morgan fingerprint density at radius 1 is 0.429 bits per heavy atom. The SMILES string of the molecule is CCC(O)[Si]1(C)O[Si](C)(C)O[Si](C)(C)O[Si](C(O)CC)(C(O)CC)O[Si](C(O)CC)(C(O)CC)O1. The first-order valence-corrected chi connectivity index (χ1v) is 24.8. The Hall–Kier alpha value is 0.684. The Balaban J connectivity index is 4.11. The normalized spacial score (nSPS) is 36.1. The summed E-state index contributed by atoms with van der Waals surface area (Å²) in [6.07, 6.45) is 1.18. The van der Waals surface area contributed by atoms with Crippen molar-refractivity contribution >= 4 is 42.8 Å². The van der Waals surface area contributed by atoms with Gasteiger partial charge in [-0.15, -0.1) is 0 Å². The topological polar surface area (TPSA) is 147 Å². The largest absolute Gasteiger partial charge is 0.416 e. The second-order valence-corrected chi connectivity index (χ2v) is 28.3. The second kappa shape index (κ2) is 12.7. The van der Waals surface area contributed by atoms with E-state index in [1.807, 2.05) is 33.1 Å². The van der Waals surface area contributed by atoms with Gasteiger partial charge in [-0.2, -0.15) is 0 Å². The van der Waals surface area contributed by atoms with Gasteiger partial charge in [0.1, 0.15) is 0 Å². The highest BCUT2D eigenvalue weighted by Crippen LogP contribution is 2.39. The molecule has 210 valence electrons. The zero-order valence-corrected chi connectivity index (χ0v) is 28.2. The summed E-state index contributed by atoms with van der Waals surface area (Å²) in [6.45, 7) is 17.9. The predicted octanol–water partition coefficient (Wildman–Crippen LogP) is 1.99. The molecule has 6 atom stereocenters. The maximum Gasteiger partial charge on any atom is 0.379 e. The fourth-order valence-electron chi connectivity index (χ4n) is 4.77. The summed E-state index contributed by atoms with van der Waals surface area (Å²) >= 11 is 0. The maximum atomic E-state index is 11.4. The summed E-state index contributed by atoms with van der Waals surface area (Å²) in [7, 11) is -17.9. The van der Waals surface area contributed by atoms with E-state index in [2.05, 4.69) is 0 Å². The van der Waals surface area contributed by atoms with E-state index in [0.29, 0.717) is 6.42 Å². The van der Waals surface area contributed by atoms with Crippen LogP contribution in [0, 0.1) is 0 Å². The van der Waals surface area contributed by atoms with E-state index in [4.69, 9.17) is 20.6 Å². The van der Waals surface area contributed by atoms with Crippen molar-refractivity contribution in [2.75, 3.05) is 0 Å². The fraction of sp³-hybridized carbons (Fsp3) is 1.00. The van der Waals surface area contributed by atoms with Gasteiger partial charge in [0.05, 0.1) is 28.6 Å². The molecule has 0 spiro atoms. The summed E-state index contributed by atoms with van der Waals surface area (Å²) in [5, 5.41) is 56.7. The summed E-state index contributed by atoms with van der Waals surface area (Å²) in [4.78, 5) is 0. The number of hydrogen-bond acceptors (Lipinski definition) is 10. The average molecular weight is 591 g/mol. The maximum absolute atomic E-state index is 11.4. The van der Waals surface area contributed by atoms with Crippen LogP contribution >= 0.6 is 0 Å². The van der Waals surface area contributed by atoms with Crippen molar-refractivity contribution in [2.24, 2.45) is 0 Å². The molecule has 1 aliphatic rings. The molecular formula is C20H50O10Si5. The van der Waals surface area contributed by atoms with Crippen LogP contribution in [-0.2, 0) is 20.6 Å². The molecule has 35 heavy (non-hydrogen) atoms. The zero-order chi connectivity index (χ0) is 27.5. The minimum Gasteiger partial charge on any atom is -0.416 e. The Labute approximate surface area is 216 Å². The predicted molar refractivity (Wildman–Crippen MR) is 145 cm³/mol. The lowest BCUT2D eigenvalue weighted by atomic mass is 10.5. The molecule has 10 nitrogen and oxygen atoms in total. The van der Waals surface area contributed by atoms with Crippen molar-refractivity contribution in [3.8, 4) is 0 Å². The first kappa shape index (κ1) is 33.7. The summed E-state index contributed by atoms with van der Waals surface area (Å²) in [6, 6.07) is 0. The minimum atomic E-state index is -4.17. The molecule has 1 fully saturated rings. The van der Waals surface area contributed by atoms with Crippen LogP contribution in [0.2, 0.25) is 32.7 Å². The number of aliphatic hydroxyl groups is 5. The Morgan fingerprint density at radius 3 is 1.09 bits per heavy atom. The van der Waals surface area contributed by atoms with E-state index in [9.17, 15) is 25.5 Å². The van der Waals surface area contributed by atoms with Gasteiger partial charge in [0, 0.05) is 0 Å². The molecule has 0 aromatic heterocycles. The molecule has 0 bridgehead atoms. The molecule has 0 aromatic carbocycles. The number of rotatable bonds is 10. The van der Waals surface area contributed by atoms with Crippen LogP contribution in [0.3, 0.4) is 0 Å². The summed E-state index contributed by atoms with van der Waals surface area (Å²) < 4.78 is 33.1. The summed E-state index contributed by atoms with van der Waals surface area (Å²) in [5.41, 5.74) is -5.79. The highest BCUT2D eigenvalue weighted by molar-refractivity contribution is 6.95. The van der Waals surface area contributed by atoms with E-state index in [1.165, 1.54) is 0 Å². The van der Waals surface area contributed by atoms with Gasteiger partial charge in [0.15, 0.2) is 0 Å². The molecule has 1 saturated heterocycles. The molecule has 0 aromatic rings. The molecule has 1 aliphatic heterocycles.